The van der Waals surface area contributed by atoms with E-state index in [0.717, 1.165) is 31.1 Å². The van der Waals surface area contributed by atoms with Crippen LogP contribution in [0.3, 0.4) is 0 Å². The van der Waals surface area contributed by atoms with Crippen LogP contribution < -0.4 is 10.1 Å². The van der Waals surface area contributed by atoms with Crippen molar-refractivity contribution in [2.45, 2.75) is 38.6 Å². The van der Waals surface area contributed by atoms with Crippen LogP contribution in [-0.4, -0.2) is 26.4 Å². The molecule has 1 fully saturated rings. The molecular weight excluding hydrogens is 226 g/mol. The molecule has 2 rings (SSSR count). The highest BCUT2D eigenvalue weighted by atomic mass is 16.5. The number of ether oxygens (including phenoxy) is 2. The van der Waals surface area contributed by atoms with Crippen LogP contribution in [-0.2, 0) is 10.2 Å². The number of benzene rings is 1. The van der Waals surface area contributed by atoms with E-state index in [4.69, 9.17) is 9.47 Å². The van der Waals surface area contributed by atoms with Crippen molar-refractivity contribution in [1.29, 1.82) is 0 Å². The maximum Gasteiger partial charge on any atom is 0.141 e. The lowest BCUT2D eigenvalue weighted by Crippen LogP contribution is -2.20. The maximum absolute atomic E-state index is 5.42. The van der Waals surface area contributed by atoms with Gasteiger partial charge in [-0.05, 0) is 29.5 Å². The Labute approximate surface area is 109 Å². The number of rotatable bonds is 3. The fraction of sp³-hybridized carbons (Fsp3) is 0.600. The van der Waals surface area contributed by atoms with Crippen LogP contribution in [0.5, 0.6) is 5.75 Å². The van der Waals surface area contributed by atoms with E-state index in [2.05, 4.69) is 38.2 Å². The Morgan fingerprint density at radius 3 is 2.67 bits per heavy atom. The van der Waals surface area contributed by atoms with Crippen LogP contribution in [0.1, 0.15) is 32.8 Å². The lowest BCUT2D eigenvalue weighted by molar-refractivity contribution is 0.195. The molecule has 3 heteroatoms. The second-order valence-corrected chi connectivity index (χ2v) is 5.87. The lowest BCUT2D eigenvalue weighted by Gasteiger charge is -2.22. The van der Waals surface area contributed by atoms with E-state index in [0.29, 0.717) is 6.04 Å². The fourth-order valence-electron chi connectivity index (χ4n) is 2.16. The van der Waals surface area contributed by atoms with Gasteiger partial charge in [-0.3, -0.25) is 0 Å². The van der Waals surface area contributed by atoms with Crippen molar-refractivity contribution < 1.29 is 9.47 Å². The first kappa shape index (κ1) is 13.2. The van der Waals surface area contributed by atoms with Crippen molar-refractivity contribution in [2.24, 2.45) is 0 Å². The van der Waals surface area contributed by atoms with Crippen molar-refractivity contribution >= 4 is 5.69 Å². The SMILES string of the molecule is COc1ccc(C(C)(C)C)cc1NC1CCOC1. The van der Waals surface area contributed by atoms with Gasteiger partial charge in [0.25, 0.3) is 0 Å². The highest BCUT2D eigenvalue weighted by molar-refractivity contribution is 5.59. The third-order valence-corrected chi connectivity index (χ3v) is 3.35. The van der Waals surface area contributed by atoms with Crippen molar-refractivity contribution in [3.63, 3.8) is 0 Å². The summed E-state index contributed by atoms with van der Waals surface area (Å²) >= 11 is 0. The Balaban J connectivity index is 2.24. The number of methoxy groups -OCH3 is 1. The smallest absolute Gasteiger partial charge is 0.141 e. The van der Waals surface area contributed by atoms with Crippen LogP contribution in [0.2, 0.25) is 0 Å². The van der Waals surface area contributed by atoms with Gasteiger partial charge < -0.3 is 14.8 Å². The summed E-state index contributed by atoms with van der Waals surface area (Å²) in [4.78, 5) is 0. The van der Waals surface area contributed by atoms with Crippen LogP contribution in [0, 0.1) is 0 Å². The molecule has 0 amide bonds. The van der Waals surface area contributed by atoms with Crippen molar-refractivity contribution in [3.8, 4) is 5.75 Å². The first-order valence-corrected chi connectivity index (χ1v) is 6.53. The quantitative estimate of drug-likeness (QED) is 0.892. The molecule has 1 saturated heterocycles. The van der Waals surface area contributed by atoms with E-state index >= 15 is 0 Å². The van der Waals surface area contributed by atoms with Crippen LogP contribution in [0.25, 0.3) is 0 Å². The number of hydrogen-bond donors (Lipinski definition) is 1. The summed E-state index contributed by atoms with van der Waals surface area (Å²) in [5.74, 6) is 0.898. The van der Waals surface area contributed by atoms with Crippen molar-refractivity contribution in [2.75, 3.05) is 25.6 Å². The van der Waals surface area contributed by atoms with Gasteiger partial charge in [0, 0.05) is 6.61 Å². The summed E-state index contributed by atoms with van der Waals surface area (Å²) in [5, 5.41) is 3.52. The summed E-state index contributed by atoms with van der Waals surface area (Å²) < 4.78 is 10.8. The Hall–Kier alpha value is -1.22. The Kier molecular flexibility index (Phi) is 3.81. The molecule has 1 aliphatic heterocycles. The van der Waals surface area contributed by atoms with E-state index < -0.39 is 0 Å². The molecule has 1 heterocycles. The minimum atomic E-state index is 0.148. The molecule has 0 aliphatic carbocycles. The minimum absolute atomic E-state index is 0.148. The van der Waals surface area contributed by atoms with Gasteiger partial charge in [-0.25, -0.2) is 0 Å². The van der Waals surface area contributed by atoms with E-state index in [1.54, 1.807) is 7.11 Å². The average Bonchev–Trinajstić information content (AvgIpc) is 2.80. The first-order valence-electron chi connectivity index (χ1n) is 6.53. The molecule has 0 spiro atoms. The number of hydrogen-bond acceptors (Lipinski definition) is 3. The van der Waals surface area contributed by atoms with E-state index in [9.17, 15) is 0 Å². The largest absolute Gasteiger partial charge is 0.495 e. The van der Waals surface area contributed by atoms with E-state index in [1.165, 1.54) is 5.56 Å². The zero-order chi connectivity index (χ0) is 13.2. The zero-order valence-corrected chi connectivity index (χ0v) is 11.7. The molecule has 1 atom stereocenters. The second kappa shape index (κ2) is 5.19. The molecule has 1 N–H and O–H groups in total. The molecule has 1 unspecified atom stereocenters. The minimum Gasteiger partial charge on any atom is -0.495 e. The molecule has 0 saturated carbocycles. The molecule has 18 heavy (non-hydrogen) atoms. The normalized spacial score (nSPS) is 19.9. The zero-order valence-electron chi connectivity index (χ0n) is 11.7. The molecule has 3 nitrogen and oxygen atoms in total. The maximum atomic E-state index is 5.42. The predicted molar refractivity (Wildman–Crippen MR) is 74.5 cm³/mol. The molecular formula is C15H23NO2. The van der Waals surface area contributed by atoms with Gasteiger partial charge in [0.05, 0.1) is 25.4 Å². The van der Waals surface area contributed by atoms with Gasteiger partial charge in [0.1, 0.15) is 5.75 Å². The fourth-order valence-corrected chi connectivity index (χ4v) is 2.16. The van der Waals surface area contributed by atoms with Gasteiger partial charge in [0.15, 0.2) is 0 Å². The first-order chi connectivity index (χ1) is 8.50. The summed E-state index contributed by atoms with van der Waals surface area (Å²) in [6.07, 6.45) is 1.06. The number of anilines is 1. The summed E-state index contributed by atoms with van der Waals surface area (Å²) in [6, 6.07) is 6.76. The number of nitrogens with one attached hydrogen (secondary N) is 1. The summed E-state index contributed by atoms with van der Waals surface area (Å²) in [6.45, 7) is 8.29. The summed E-state index contributed by atoms with van der Waals surface area (Å²) in [7, 11) is 1.71. The highest BCUT2D eigenvalue weighted by Gasteiger charge is 2.19. The van der Waals surface area contributed by atoms with Gasteiger partial charge in [-0.2, -0.15) is 0 Å². The van der Waals surface area contributed by atoms with Gasteiger partial charge in [-0.1, -0.05) is 26.8 Å². The third kappa shape index (κ3) is 2.96. The Morgan fingerprint density at radius 2 is 2.11 bits per heavy atom. The van der Waals surface area contributed by atoms with Crippen LogP contribution in [0.4, 0.5) is 5.69 Å². The topological polar surface area (TPSA) is 30.5 Å². The average molecular weight is 249 g/mol. The molecule has 0 aromatic heterocycles. The van der Waals surface area contributed by atoms with Gasteiger partial charge >= 0.3 is 0 Å². The van der Waals surface area contributed by atoms with E-state index in [1.807, 2.05) is 6.07 Å². The predicted octanol–water partition coefficient (Wildman–Crippen LogP) is 3.19. The standard InChI is InChI=1S/C15H23NO2/c1-15(2,3)11-5-6-14(17-4)13(9-11)16-12-7-8-18-10-12/h5-6,9,12,16H,7-8,10H2,1-4H3. The van der Waals surface area contributed by atoms with Gasteiger partial charge in [-0.15, -0.1) is 0 Å². The van der Waals surface area contributed by atoms with Crippen LogP contribution in [0.15, 0.2) is 18.2 Å². The molecule has 100 valence electrons. The monoisotopic (exact) mass is 249 g/mol. The molecule has 1 aromatic carbocycles. The Bertz CT molecular complexity index is 403. The Morgan fingerprint density at radius 1 is 1.33 bits per heavy atom. The van der Waals surface area contributed by atoms with Crippen molar-refractivity contribution in [3.05, 3.63) is 23.8 Å². The van der Waals surface area contributed by atoms with Crippen molar-refractivity contribution in [1.82, 2.24) is 0 Å². The molecule has 0 radical (unpaired) electrons. The second-order valence-electron chi connectivity index (χ2n) is 5.87. The molecule has 0 bridgehead atoms. The van der Waals surface area contributed by atoms with Crippen LogP contribution >= 0.6 is 0 Å². The van der Waals surface area contributed by atoms with E-state index in [-0.39, 0.29) is 5.41 Å². The lowest BCUT2D eigenvalue weighted by atomic mass is 9.86. The van der Waals surface area contributed by atoms with Gasteiger partial charge in [0.2, 0.25) is 0 Å². The third-order valence-electron chi connectivity index (χ3n) is 3.35. The molecule has 1 aromatic rings. The summed E-state index contributed by atoms with van der Waals surface area (Å²) in [5.41, 5.74) is 2.53. The molecule has 1 aliphatic rings. The highest BCUT2D eigenvalue weighted by Crippen LogP contribution is 2.32.